The van der Waals surface area contributed by atoms with Crippen LogP contribution in [0.25, 0.3) is 6.08 Å². The van der Waals surface area contributed by atoms with Crippen molar-refractivity contribution in [2.75, 3.05) is 0 Å². The van der Waals surface area contributed by atoms with E-state index in [0.717, 1.165) is 36.8 Å². The molecule has 0 aromatic carbocycles. The van der Waals surface area contributed by atoms with Gasteiger partial charge in [-0.2, -0.15) is 0 Å². The molecule has 0 bridgehead atoms. The Morgan fingerprint density at radius 1 is 0.868 bits per heavy atom. The van der Waals surface area contributed by atoms with Gasteiger partial charge in [0.15, 0.2) is 5.78 Å². The van der Waals surface area contributed by atoms with Crippen LogP contribution < -0.4 is 5.11 Å². The third-order valence-corrected chi connectivity index (χ3v) is 9.74. The van der Waals surface area contributed by atoms with Gasteiger partial charge in [-0.1, -0.05) is 85.8 Å². The molecule has 0 saturated heterocycles. The Bertz CT molecular complexity index is 1170. The van der Waals surface area contributed by atoms with E-state index in [1.54, 1.807) is 0 Å². The summed E-state index contributed by atoms with van der Waals surface area (Å²) in [5.74, 6) is 1.96. The largest absolute Gasteiger partial charge is 0.871 e. The topological polar surface area (TPSA) is 40.1 Å². The Hall–Kier alpha value is -1.91. The summed E-state index contributed by atoms with van der Waals surface area (Å²) in [5.41, 5.74) is 2.57. The van der Waals surface area contributed by atoms with Crippen molar-refractivity contribution in [3.63, 3.8) is 0 Å². The molecule has 2 heterocycles. The molecule has 2 nitrogen and oxygen atoms in total. The first-order chi connectivity index (χ1) is 17.9. The standard InChI is InChI=1S/C34H46O2S2/c1-21(2)11-9-13-27-15-25(19-31(37-27)23(5)6)17-29-33(35)30(34(29)36)18-26-16-28(14-10-12-22(3)4)38-32(20-26)24(7)8/h15-24H,9-14H2,1-8H3. The van der Waals surface area contributed by atoms with E-state index in [2.05, 4.69) is 79.7 Å². The second kappa shape index (κ2) is 13.9. The van der Waals surface area contributed by atoms with Crippen molar-refractivity contribution in [2.45, 2.75) is 99.8 Å². The Balaban J connectivity index is 1.87. The van der Waals surface area contributed by atoms with E-state index < -0.39 is 0 Å². The number of carbonyl (C=O) groups excluding carboxylic acids is 1. The van der Waals surface area contributed by atoms with Gasteiger partial charge in [0.1, 0.15) is 0 Å². The summed E-state index contributed by atoms with van der Waals surface area (Å²) in [6.45, 7) is 17.8. The monoisotopic (exact) mass is 550 g/mol. The molecule has 0 spiro atoms. The summed E-state index contributed by atoms with van der Waals surface area (Å²) >= 11 is 3.71. The number of aryl methyl sites for hydroxylation is 1. The van der Waals surface area contributed by atoms with Crippen LogP contribution in [0.15, 0.2) is 62.6 Å². The number of ketones is 1. The zero-order valence-corrected chi connectivity index (χ0v) is 26.3. The minimum Gasteiger partial charge on any atom is -0.871 e. The highest BCUT2D eigenvalue weighted by atomic mass is 32.2. The lowest BCUT2D eigenvalue weighted by molar-refractivity contribution is -0.300. The molecule has 2 aliphatic rings. The summed E-state index contributed by atoms with van der Waals surface area (Å²) in [6.07, 6.45) is 14.8. The van der Waals surface area contributed by atoms with Gasteiger partial charge < -0.3 is 5.11 Å². The molecule has 0 saturated carbocycles. The highest BCUT2D eigenvalue weighted by Gasteiger charge is 2.27. The molecule has 38 heavy (non-hydrogen) atoms. The van der Waals surface area contributed by atoms with Gasteiger partial charge >= 0.3 is 0 Å². The van der Waals surface area contributed by atoms with Crippen molar-refractivity contribution in [3.8, 4) is 0 Å². The van der Waals surface area contributed by atoms with Crippen molar-refractivity contribution in [1.82, 2.24) is 0 Å². The fourth-order valence-corrected chi connectivity index (χ4v) is 6.93. The van der Waals surface area contributed by atoms with Gasteiger partial charge in [0.25, 0.3) is 0 Å². The SMILES string of the molecule is CC(C)CCCC1=CC(=CC2=C([O-])C(=Cc3cc(CCCC(C)C)[s+]c(C(C)C)c3)C2=O)C=C(C(C)C)S1. The van der Waals surface area contributed by atoms with Crippen molar-refractivity contribution < 1.29 is 9.90 Å². The zero-order chi connectivity index (χ0) is 28.0. The summed E-state index contributed by atoms with van der Waals surface area (Å²) in [5, 5.41) is 13.1. The maximum atomic E-state index is 13.1. The third kappa shape index (κ3) is 8.55. The minimum atomic E-state index is -0.130. The Morgan fingerprint density at radius 3 is 2.11 bits per heavy atom. The maximum Gasteiger partial charge on any atom is 0.218 e. The molecule has 1 aliphatic heterocycles. The molecule has 1 aromatic heterocycles. The van der Waals surface area contributed by atoms with Gasteiger partial charge in [-0.25, -0.2) is 0 Å². The summed E-state index contributed by atoms with van der Waals surface area (Å²) in [6, 6.07) is 4.32. The second-order valence-electron chi connectivity index (χ2n) is 12.2. The molecular formula is C34H46O2S2. The van der Waals surface area contributed by atoms with Gasteiger partial charge in [0.05, 0.1) is 0 Å². The van der Waals surface area contributed by atoms with Crippen LogP contribution in [0.1, 0.15) is 109 Å². The van der Waals surface area contributed by atoms with E-state index in [4.69, 9.17) is 0 Å². The highest BCUT2D eigenvalue weighted by molar-refractivity contribution is 8.06. The minimum absolute atomic E-state index is 0.130. The first-order valence-corrected chi connectivity index (χ1v) is 16.0. The fraction of sp³-hybridized carbons (Fsp3) is 0.529. The van der Waals surface area contributed by atoms with Gasteiger partial charge in [-0.05, 0) is 82.3 Å². The molecule has 0 fully saturated rings. The number of rotatable bonds is 12. The zero-order valence-electron chi connectivity index (χ0n) is 24.6. The number of thioether (sulfide) groups is 1. The van der Waals surface area contributed by atoms with Crippen LogP contribution in [0.3, 0.4) is 0 Å². The second-order valence-corrected chi connectivity index (χ2v) is 14.6. The normalized spacial score (nSPS) is 18.4. The predicted molar refractivity (Wildman–Crippen MR) is 166 cm³/mol. The summed E-state index contributed by atoms with van der Waals surface area (Å²) < 4.78 is 0. The number of hydrogen-bond acceptors (Lipinski definition) is 3. The molecule has 206 valence electrons. The van der Waals surface area contributed by atoms with Crippen LogP contribution in [0.5, 0.6) is 0 Å². The lowest BCUT2D eigenvalue weighted by Gasteiger charge is -2.29. The van der Waals surface area contributed by atoms with Gasteiger partial charge in [-0.15, -0.1) is 0 Å². The van der Waals surface area contributed by atoms with E-state index in [-0.39, 0.29) is 11.5 Å². The van der Waals surface area contributed by atoms with Crippen molar-refractivity contribution in [3.05, 3.63) is 78.0 Å². The van der Waals surface area contributed by atoms with E-state index in [0.29, 0.717) is 34.8 Å². The first kappa shape index (κ1) is 30.6. The van der Waals surface area contributed by atoms with E-state index in [9.17, 15) is 9.90 Å². The Labute approximate surface area is 239 Å². The van der Waals surface area contributed by atoms with Crippen molar-refractivity contribution in [2.24, 2.45) is 17.8 Å². The summed E-state index contributed by atoms with van der Waals surface area (Å²) in [7, 11) is 0. The van der Waals surface area contributed by atoms with E-state index in [1.807, 2.05) is 35.3 Å². The number of allylic oxidation sites excluding steroid dienone is 8. The number of hydrogen-bond donors (Lipinski definition) is 0. The van der Waals surface area contributed by atoms with E-state index in [1.165, 1.54) is 32.4 Å². The fourth-order valence-electron chi connectivity index (χ4n) is 4.58. The van der Waals surface area contributed by atoms with E-state index >= 15 is 0 Å². The van der Waals surface area contributed by atoms with Crippen molar-refractivity contribution >= 4 is 35.0 Å². The van der Waals surface area contributed by atoms with Gasteiger partial charge in [0.2, 0.25) is 21.1 Å². The van der Waals surface area contributed by atoms with Gasteiger partial charge in [0, 0.05) is 35.6 Å². The van der Waals surface area contributed by atoms with Crippen molar-refractivity contribution in [1.29, 1.82) is 0 Å². The highest BCUT2D eigenvalue weighted by Crippen LogP contribution is 2.41. The van der Waals surface area contributed by atoms with Crippen LogP contribution in [0.4, 0.5) is 0 Å². The predicted octanol–water partition coefficient (Wildman–Crippen LogP) is 9.64. The Kier molecular flexibility index (Phi) is 11.2. The van der Waals surface area contributed by atoms with Crippen LogP contribution >= 0.6 is 23.1 Å². The molecule has 0 amide bonds. The van der Waals surface area contributed by atoms with Gasteiger partial charge in [-0.3, -0.25) is 4.79 Å². The lowest BCUT2D eigenvalue weighted by Crippen LogP contribution is -2.29. The van der Waals surface area contributed by atoms with Crippen LogP contribution in [-0.4, -0.2) is 5.78 Å². The molecule has 4 heteroatoms. The number of Topliss-reactive ketones (excluding diaryl/α,β-unsaturated/α-hetero) is 1. The molecule has 0 N–H and O–H groups in total. The summed E-state index contributed by atoms with van der Waals surface area (Å²) in [4.78, 5) is 18.4. The Morgan fingerprint density at radius 2 is 1.53 bits per heavy atom. The molecule has 0 atom stereocenters. The molecule has 1 aromatic rings. The average molecular weight is 551 g/mol. The molecule has 0 unspecified atom stereocenters. The average Bonchev–Trinajstić information content (AvgIpc) is 2.85. The van der Waals surface area contributed by atoms with Crippen LogP contribution in [0, 0.1) is 17.8 Å². The molecule has 0 radical (unpaired) electrons. The maximum absolute atomic E-state index is 13.1. The third-order valence-electron chi connectivity index (χ3n) is 6.92. The molecule has 3 rings (SSSR count). The smallest absolute Gasteiger partial charge is 0.218 e. The molecule has 1 aliphatic carbocycles. The molecular weight excluding hydrogens is 505 g/mol. The van der Waals surface area contributed by atoms with Crippen LogP contribution in [0.2, 0.25) is 0 Å². The number of carbonyl (C=O) groups is 1. The first-order valence-electron chi connectivity index (χ1n) is 14.4. The quantitative estimate of drug-likeness (QED) is 0.192. The van der Waals surface area contributed by atoms with Crippen LogP contribution in [-0.2, 0) is 11.2 Å². The lowest BCUT2D eigenvalue weighted by atomic mass is 9.85.